The molecule has 0 unspecified atom stereocenters. The SMILES string of the molecule is CCCCCCCCCCCCCC(=O)N1CCC[C@H]1C(=O)N[C@@H](CC(C)C)C(=O)C[C@@H](Cc1c[nH]c2ccccc12)C(=O)NO. The van der Waals surface area contributed by atoms with Crippen LogP contribution < -0.4 is 10.8 Å². The monoisotopic (exact) mass is 638 g/mol. The molecular formula is C37H58N4O5. The maximum Gasteiger partial charge on any atom is 0.247 e. The topological polar surface area (TPSA) is 132 Å². The van der Waals surface area contributed by atoms with E-state index in [1.807, 2.05) is 44.3 Å². The van der Waals surface area contributed by atoms with E-state index < -0.39 is 23.9 Å². The maximum atomic E-state index is 13.6. The molecule has 3 amide bonds. The Kier molecular flexibility index (Phi) is 16.3. The van der Waals surface area contributed by atoms with E-state index in [4.69, 9.17) is 0 Å². The van der Waals surface area contributed by atoms with Crippen LogP contribution in [0.2, 0.25) is 0 Å². The third kappa shape index (κ3) is 11.9. The number of hydrogen-bond donors (Lipinski definition) is 4. The van der Waals surface area contributed by atoms with Crippen LogP contribution >= 0.6 is 0 Å². The fraction of sp³-hybridized carbons (Fsp3) is 0.676. The van der Waals surface area contributed by atoms with Gasteiger partial charge in [-0.2, -0.15) is 0 Å². The van der Waals surface area contributed by atoms with E-state index >= 15 is 0 Å². The van der Waals surface area contributed by atoms with Crippen LogP contribution in [-0.2, 0) is 25.6 Å². The normalized spacial score (nSPS) is 16.1. The lowest BCUT2D eigenvalue weighted by Crippen LogP contribution is -2.51. The van der Waals surface area contributed by atoms with Gasteiger partial charge in [-0.05, 0) is 49.7 Å². The number of amides is 3. The number of para-hydroxylation sites is 1. The first-order valence-corrected chi connectivity index (χ1v) is 17.9. The molecule has 4 N–H and O–H groups in total. The highest BCUT2D eigenvalue weighted by Crippen LogP contribution is 2.24. The Balaban J connectivity index is 1.51. The summed E-state index contributed by atoms with van der Waals surface area (Å²) in [7, 11) is 0. The van der Waals surface area contributed by atoms with Crippen LogP contribution in [0.4, 0.5) is 0 Å². The summed E-state index contributed by atoms with van der Waals surface area (Å²) in [5, 5.41) is 13.4. The third-order valence-corrected chi connectivity index (χ3v) is 9.35. The van der Waals surface area contributed by atoms with Gasteiger partial charge >= 0.3 is 0 Å². The minimum atomic E-state index is -0.807. The van der Waals surface area contributed by atoms with Crippen LogP contribution in [-0.4, -0.2) is 57.2 Å². The van der Waals surface area contributed by atoms with E-state index in [2.05, 4.69) is 17.2 Å². The second-order valence-electron chi connectivity index (χ2n) is 13.6. The first kappa shape index (κ1) is 37.3. The predicted octanol–water partition coefficient (Wildman–Crippen LogP) is 7.01. The molecule has 2 aromatic rings. The number of aromatic nitrogens is 1. The summed E-state index contributed by atoms with van der Waals surface area (Å²) >= 11 is 0. The van der Waals surface area contributed by atoms with Crippen molar-refractivity contribution in [2.45, 2.75) is 142 Å². The van der Waals surface area contributed by atoms with Gasteiger partial charge in [0.2, 0.25) is 17.7 Å². The van der Waals surface area contributed by atoms with E-state index in [1.54, 1.807) is 10.4 Å². The van der Waals surface area contributed by atoms with Gasteiger partial charge in [0.05, 0.1) is 12.0 Å². The van der Waals surface area contributed by atoms with E-state index in [0.717, 1.165) is 42.1 Å². The summed E-state index contributed by atoms with van der Waals surface area (Å²) in [5.41, 5.74) is 3.52. The number of Topliss-reactive ketones (excluding diaryl/α,β-unsaturated/α-hetero) is 1. The summed E-state index contributed by atoms with van der Waals surface area (Å²) < 4.78 is 0. The van der Waals surface area contributed by atoms with Crippen molar-refractivity contribution < 1.29 is 24.4 Å². The van der Waals surface area contributed by atoms with Crippen LogP contribution in [0.5, 0.6) is 0 Å². The molecule has 0 aliphatic carbocycles. The van der Waals surface area contributed by atoms with Gasteiger partial charge in [0.25, 0.3) is 0 Å². The lowest BCUT2D eigenvalue weighted by Gasteiger charge is -2.27. The van der Waals surface area contributed by atoms with E-state index in [0.29, 0.717) is 25.8 Å². The van der Waals surface area contributed by atoms with Crippen molar-refractivity contribution >= 4 is 34.4 Å². The largest absolute Gasteiger partial charge is 0.361 e. The molecule has 9 heteroatoms. The number of likely N-dealkylation sites (tertiary alicyclic amines) is 1. The lowest BCUT2D eigenvalue weighted by molar-refractivity contribution is -0.140. The zero-order valence-corrected chi connectivity index (χ0v) is 28.5. The number of nitrogens with zero attached hydrogens (tertiary/aromatic N) is 1. The number of H-pyrrole nitrogens is 1. The first-order chi connectivity index (χ1) is 22.2. The van der Waals surface area contributed by atoms with E-state index in [9.17, 15) is 24.4 Å². The number of hydroxylamine groups is 1. The molecule has 1 saturated heterocycles. The Morgan fingerprint density at radius 2 is 1.61 bits per heavy atom. The molecule has 2 heterocycles. The molecule has 1 fully saturated rings. The van der Waals surface area contributed by atoms with Gasteiger partial charge in [-0.25, -0.2) is 5.48 Å². The molecule has 46 heavy (non-hydrogen) atoms. The molecule has 256 valence electrons. The maximum absolute atomic E-state index is 13.6. The van der Waals surface area contributed by atoms with Crippen LogP contribution in [0, 0.1) is 11.8 Å². The van der Waals surface area contributed by atoms with Crippen molar-refractivity contribution in [2.75, 3.05) is 6.54 Å². The Bertz CT molecular complexity index is 1240. The number of ketones is 1. The highest BCUT2D eigenvalue weighted by atomic mass is 16.5. The van der Waals surface area contributed by atoms with Crippen molar-refractivity contribution in [3.05, 3.63) is 36.0 Å². The zero-order valence-electron chi connectivity index (χ0n) is 28.5. The number of carbonyl (C=O) groups excluding carboxylic acids is 4. The van der Waals surface area contributed by atoms with Gasteiger partial charge in [-0.3, -0.25) is 24.4 Å². The average Bonchev–Trinajstić information content (AvgIpc) is 3.70. The second-order valence-corrected chi connectivity index (χ2v) is 13.6. The van der Waals surface area contributed by atoms with Gasteiger partial charge in [-0.15, -0.1) is 0 Å². The molecule has 0 saturated carbocycles. The molecule has 1 aliphatic rings. The smallest absolute Gasteiger partial charge is 0.247 e. The summed E-state index contributed by atoms with van der Waals surface area (Å²) in [6, 6.07) is 6.36. The minimum absolute atomic E-state index is 0.0127. The summed E-state index contributed by atoms with van der Waals surface area (Å²) in [4.78, 5) is 57.8. The number of benzene rings is 1. The molecular weight excluding hydrogens is 580 g/mol. The van der Waals surface area contributed by atoms with Crippen molar-refractivity contribution in [1.82, 2.24) is 20.7 Å². The number of fused-ring (bicyclic) bond motifs is 1. The molecule has 1 aliphatic heterocycles. The quantitative estimate of drug-likeness (QED) is 0.0626. The standard InChI is InChI=1S/C37H58N4O5/c1-4-5-6-7-8-9-10-11-12-13-14-21-35(43)41-22-17-20-33(41)37(45)39-32(23-27(2)3)34(42)25-28(36(44)40-46)24-29-26-38-31-19-16-15-18-30(29)31/h15-16,18-19,26-28,32-33,38,46H,4-14,17,20-25H2,1-3H3,(H,39,45)(H,40,44)/t28-,32+,33+/m1/s1. The van der Waals surface area contributed by atoms with Crippen molar-refractivity contribution in [3.8, 4) is 0 Å². The lowest BCUT2D eigenvalue weighted by atomic mass is 9.89. The Morgan fingerprint density at radius 1 is 0.957 bits per heavy atom. The van der Waals surface area contributed by atoms with Crippen LogP contribution in [0.25, 0.3) is 10.9 Å². The molecule has 3 atom stereocenters. The molecule has 0 spiro atoms. The number of nitrogens with one attached hydrogen (secondary N) is 3. The van der Waals surface area contributed by atoms with Crippen LogP contribution in [0.3, 0.4) is 0 Å². The number of carbonyl (C=O) groups is 4. The van der Waals surface area contributed by atoms with Gasteiger partial charge in [0.15, 0.2) is 5.78 Å². The number of rotatable bonds is 22. The highest BCUT2D eigenvalue weighted by molar-refractivity contribution is 5.95. The molecule has 9 nitrogen and oxygen atoms in total. The number of aromatic amines is 1. The van der Waals surface area contributed by atoms with E-state index in [-0.39, 0.29) is 36.4 Å². The molecule has 0 bridgehead atoms. The number of hydrogen-bond acceptors (Lipinski definition) is 5. The summed E-state index contributed by atoms with van der Waals surface area (Å²) in [6.07, 6.45) is 17.6. The Labute approximate surface area is 275 Å². The van der Waals surface area contributed by atoms with Gasteiger partial charge < -0.3 is 15.2 Å². The van der Waals surface area contributed by atoms with Crippen molar-refractivity contribution in [2.24, 2.45) is 11.8 Å². The average molecular weight is 639 g/mol. The van der Waals surface area contributed by atoms with Crippen LogP contribution in [0.15, 0.2) is 30.5 Å². The summed E-state index contributed by atoms with van der Waals surface area (Å²) in [5.74, 6) is -1.87. The van der Waals surface area contributed by atoms with Crippen molar-refractivity contribution in [3.63, 3.8) is 0 Å². The fourth-order valence-electron chi connectivity index (χ4n) is 6.73. The molecule has 0 radical (unpaired) electrons. The Morgan fingerprint density at radius 3 is 2.26 bits per heavy atom. The predicted molar refractivity (Wildman–Crippen MR) is 182 cm³/mol. The van der Waals surface area contributed by atoms with Crippen molar-refractivity contribution in [1.29, 1.82) is 0 Å². The molecule has 1 aromatic heterocycles. The van der Waals surface area contributed by atoms with Gasteiger partial charge in [-0.1, -0.05) is 103 Å². The number of unbranched alkanes of at least 4 members (excludes halogenated alkanes) is 10. The second kappa shape index (κ2) is 20.1. The van der Waals surface area contributed by atoms with E-state index in [1.165, 1.54) is 51.4 Å². The highest BCUT2D eigenvalue weighted by Gasteiger charge is 2.36. The Hall–Kier alpha value is -3.20. The molecule has 3 rings (SSSR count). The fourth-order valence-corrected chi connectivity index (χ4v) is 6.73. The van der Waals surface area contributed by atoms with Crippen LogP contribution in [0.1, 0.15) is 129 Å². The third-order valence-electron chi connectivity index (χ3n) is 9.35. The zero-order chi connectivity index (χ0) is 33.3. The minimum Gasteiger partial charge on any atom is -0.361 e. The first-order valence-electron chi connectivity index (χ1n) is 17.9. The van der Waals surface area contributed by atoms with Gasteiger partial charge in [0.1, 0.15) is 6.04 Å². The van der Waals surface area contributed by atoms with Gasteiger partial charge in [0, 0.05) is 36.5 Å². The molecule has 1 aromatic carbocycles. The summed E-state index contributed by atoms with van der Waals surface area (Å²) in [6.45, 7) is 6.76.